The van der Waals surface area contributed by atoms with Crippen LogP contribution in [0.15, 0.2) is 54.2 Å². The molecule has 1 aliphatic heterocycles. The second-order valence-corrected chi connectivity index (χ2v) is 7.28. The molecule has 6 heteroatoms. The fourth-order valence-corrected chi connectivity index (χ4v) is 3.31. The number of anilines is 1. The standard InChI is InChI=1S/C24H28N2O4/c1-5-14-30-20-9-7-8-18(15-20)25-22-21(23(27)26(16(3)4)24(22)28)17-10-12-19(13-11-17)29-6-2/h7-13,15-16,25H,5-6,14H2,1-4H3. The molecule has 1 heterocycles. The van der Waals surface area contributed by atoms with E-state index in [1.54, 1.807) is 24.3 Å². The molecular formula is C24H28N2O4. The number of benzene rings is 2. The summed E-state index contributed by atoms with van der Waals surface area (Å²) in [5.74, 6) is 0.788. The number of hydrogen-bond acceptors (Lipinski definition) is 5. The Morgan fingerprint density at radius 1 is 0.933 bits per heavy atom. The van der Waals surface area contributed by atoms with Crippen LogP contribution in [0, 0.1) is 0 Å². The van der Waals surface area contributed by atoms with Gasteiger partial charge in [-0.2, -0.15) is 0 Å². The second-order valence-electron chi connectivity index (χ2n) is 7.28. The summed E-state index contributed by atoms with van der Waals surface area (Å²) in [5, 5.41) is 3.17. The van der Waals surface area contributed by atoms with Gasteiger partial charge in [-0.05, 0) is 57.0 Å². The minimum Gasteiger partial charge on any atom is -0.494 e. The van der Waals surface area contributed by atoms with Gasteiger partial charge in [-0.1, -0.05) is 25.1 Å². The Hall–Kier alpha value is -3.28. The molecule has 2 aromatic rings. The fourth-order valence-electron chi connectivity index (χ4n) is 3.31. The molecule has 2 aromatic carbocycles. The number of hydrogen-bond donors (Lipinski definition) is 1. The van der Waals surface area contributed by atoms with E-state index in [2.05, 4.69) is 5.32 Å². The minimum absolute atomic E-state index is 0.249. The molecular weight excluding hydrogens is 380 g/mol. The van der Waals surface area contributed by atoms with Crippen molar-refractivity contribution in [3.05, 3.63) is 59.8 Å². The monoisotopic (exact) mass is 408 g/mol. The first kappa shape index (κ1) is 21.4. The van der Waals surface area contributed by atoms with Crippen molar-refractivity contribution in [2.45, 2.75) is 40.2 Å². The van der Waals surface area contributed by atoms with Gasteiger partial charge in [0.05, 0.1) is 18.8 Å². The number of carbonyl (C=O) groups excluding carboxylic acids is 2. The Morgan fingerprint density at radius 2 is 1.67 bits per heavy atom. The summed E-state index contributed by atoms with van der Waals surface area (Å²) < 4.78 is 11.2. The maximum Gasteiger partial charge on any atom is 0.278 e. The summed E-state index contributed by atoms with van der Waals surface area (Å²) in [5.41, 5.74) is 1.98. The van der Waals surface area contributed by atoms with E-state index in [0.29, 0.717) is 35.8 Å². The lowest BCUT2D eigenvalue weighted by molar-refractivity contribution is -0.138. The van der Waals surface area contributed by atoms with Crippen LogP contribution in [0.2, 0.25) is 0 Å². The molecule has 0 unspecified atom stereocenters. The lowest BCUT2D eigenvalue weighted by atomic mass is 10.0. The van der Waals surface area contributed by atoms with Gasteiger partial charge in [0.1, 0.15) is 17.2 Å². The molecule has 0 aliphatic carbocycles. The van der Waals surface area contributed by atoms with Crippen molar-refractivity contribution in [3.63, 3.8) is 0 Å². The normalized spacial score (nSPS) is 14.0. The van der Waals surface area contributed by atoms with Gasteiger partial charge in [0.2, 0.25) is 0 Å². The first-order chi connectivity index (χ1) is 14.5. The van der Waals surface area contributed by atoms with Crippen molar-refractivity contribution >= 4 is 23.1 Å². The molecule has 30 heavy (non-hydrogen) atoms. The van der Waals surface area contributed by atoms with Gasteiger partial charge in [-0.3, -0.25) is 14.5 Å². The largest absolute Gasteiger partial charge is 0.494 e. The smallest absolute Gasteiger partial charge is 0.278 e. The molecule has 1 N–H and O–H groups in total. The van der Waals surface area contributed by atoms with E-state index >= 15 is 0 Å². The van der Waals surface area contributed by atoms with Crippen molar-refractivity contribution in [1.82, 2.24) is 4.90 Å². The molecule has 0 saturated heterocycles. The zero-order valence-corrected chi connectivity index (χ0v) is 17.9. The summed E-state index contributed by atoms with van der Waals surface area (Å²) in [6, 6.07) is 14.4. The lowest BCUT2D eigenvalue weighted by Crippen LogP contribution is -2.38. The third kappa shape index (κ3) is 4.48. The van der Waals surface area contributed by atoms with Crippen LogP contribution in [0.1, 0.15) is 39.7 Å². The number of rotatable bonds is 9. The van der Waals surface area contributed by atoms with Gasteiger partial charge < -0.3 is 14.8 Å². The Bertz CT molecular complexity index is 948. The summed E-state index contributed by atoms with van der Waals surface area (Å²) in [6.07, 6.45) is 0.904. The van der Waals surface area contributed by atoms with Gasteiger partial charge in [0.15, 0.2) is 0 Å². The summed E-state index contributed by atoms with van der Waals surface area (Å²) in [6.45, 7) is 8.78. The third-order valence-corrected chi connectivity index (χ3v) is 4.66. The van der Waals surface area contributed by atoms with Crippen molar-refractivity contribution < 1.29 is 19.1 Å². The van der Waals surface area contributed by atoms with Crippen LogP contribution in [0.25, 0.3) is 5.57 Å². The third-order valence-electron chi connectivity index (χ3n) is 4.66. The molecule has 0 fully saturated rings. The maximum absolute atomic E-state index is 13.1. The average Bonchev–Trinajstić information content (AvgIpc) is 2.97. The highest BCUT2D eigenvalue weighted by Crippen LogP contribution is 2.33. The first-order valence-corrected chi connectivity index (χ1v) is 10.3. The molecule has 3 rings (SSSR count). The fraction of sp³-hybridized carbons (Fsp3) is 0.333. The van der Waals surface area contributed by atoms with E-state index in [4.69, 9.17) is 9.47 Å². The maximum atomic E-state index is 13.1. The van der Waals surface area contributed by atoms with Crippen molar-refractivity contribution in [2.75, 3.05) is 18.5 Å². The quantitative estimate of drug-likeness (QED) is 0.620. The summed E-state index contributed by atoms with van der Waals surface area (Å²) in [4.78, 5) is 27.5. The van der Waals surface area contributed by atoms with Crippen LogP contribution in [-0.4, -0.2) is 36.0 Å². The summed E-state index contributed by atoms with van der Waals surface area (Å²) in [7, 11) is 0. The van der Waals surface area contributed by atoms with Crippen molar-refractivity contribution in [1.29, 1.82) is 0 Å². The zero-order valence-electron chi connectivity index (χ0n) is 17.9. The van der Waals surface area contributed by atoms with Crippen LogP contribution in [-0.2, 0) is 9.59 Å². The van der Waals surface area contributed by atoms with Crippen LogP contribution >= 0.6 is 0 Å². The van der Waals surface area contributed by atoms with E-state index in [0.717, 1.165) is 12.2 Å². The predicted octanol–water partition coefficient (Wildman–Crippen LogP) is 4.47. The predicted molar refractivity (Wildman–Crippen MR) is 117 cm³/mol. The van der Waals surface area contributed by atoms with Crippen LogP contribution in [0.4, 0.5) is 5.69 Å². The Morgan fingerprint density at radius 3 is 2.30 bits per heavy atom. The van der Waals surface area contributed by atoms with E-state index in [-0.39, 0.29) is 23.6 Å². The van der Waals surface area contributed by atoms with Crippen LogP contribution in [0.5, 0.6) is 11.5 Å². The van der Waals surface area contributed by atoms with Gasteiger partial charge in [-0.25, -0.2) is 0 Å². The van der Waals surface area contributed by atoms with Gasteiger partial charge in [-0.15, -0.1) is 0 Å². The molecule has 1 aliphatic rings. The van der Waals surface area contributed by atoms with Crippen molar-refractivity contribution in [2.24, 2.45) is 0 Å². The molecule has 0 aromatic heterocycles. The van der Waals surface area contributed by atoms with Gasteiger partial charge in [0, 0.05) is 17.8 Å². The molecule has 2 amide bonds. The number of ether oxygens (including phenoxy) is 2. The number of imide groups is 1. The van der Waals surface area contributed by atoms with E-state index in [1.165, 1.54) is 4.90 Å². The topological polar surface area (TPSA) is 67.9 Å². The van der Waals surface area contributed by atoms with E-state index in [1.807, 2.05) is 52.0 Å². The molecule has 0 saturated carbocycles. The van der Waals surface area contributed by atoms with Crippen molar-refractivity contribution in [3.8, 4) is 11.5 Å². The second kappa shape index (κ2) is 9.48. The Kier molecular flexibility index (Phi) is 6.77. The SMILES string of the molecule is CCCOc1cccc(NC2=C(c3ccc(OCC)cc3)C(=O)N(C(C)C)C2=O)c1. The highest BCUT2D eigenvalue weighted by Gasteiger charge is 2.40. The lowest BCUT2D eigenvalue weighted by Gasteiger charge is -2.19. The minimum atomic E-state index is -0.334. The molecule has 0 radical (unpaired) electrons. The number of carbonyl (C=O) groups is 2. The molecule has 0 bridgehead atoms. The zero-order chi connectivity index (χ0) is 21.7. The highest BCUT2D eigenvalue weighted by atomic mass is 16.5. The average molecular weight is 408 g/mol. The summed E-state index contributed by atoms with van der Waals surface area (Å²) >= 11 is 0. The van der Waals surface area contributed by atoms with Crippen LogP contribution < -0.4 is 14.8 Å². The number of nitrogens with one attached hydrogen (secondary N) is 1. The molecule has 6 nitrogen and oxygen atoms in total. The van der Waals surface area contributed by atoms with Gasteiger partial charge >= 0.3 is 0 Å². The highest BCUT2D eigenvalue weighted by molar-refractivity contribution is 6.36. The molecule has 0 atom stereocenters. The Labute approximate surface area is 177 Å². The molecule has 0 spiro atoms. The van der Waals surface area contributed by atoms with E-state index in [9.17, 15) is 9.59 Å². The van der Waals surface area contributed by atoms with Crippen LogP contribution in [0.3, 0.4) is 0 Å². The van der Waals surface area contributed by atoms with E-state index < -0.39 is 0 Å². The first-order valence-electron chi connectivity index (χ1n) is 10.3. The Balaban J connectivity index is 1.99. The van der Waals surface area contributed by atoms with Gasteiger partial charge in [0.25, 0.3) is 11.8 Å². The number of nitrogens with zero attached hydrogens (tertiary/aromatic N) is 1. The number of amides is 2. The molecule has 158 valence electrons.